The van der Waals surface area contributed by atoms with E-state index in [1.807, 2.05) is 0 Å². The summed E-state index contributed by atoms with van der Waals surface area (Å²) in [7, 11) is 0. The molecule has 1 aliphatic heterocycles. The van der Waals surface area contributed by atoms with Gasteiger partial charge in [-0.15, -0.1) is 0 Å². The molecule has 0 radical (unpaired) electrons. The van der Waals surface area contributed by atoms with Gasteiger partial charge in [0.05, 0.1) is 0 Å². The number of amides is 1. The molecule has 2 aliphatic rings. The molecule has 1 aliphatic carbocycles. The summed E-state index contributed by atoms with van der Waals surface area (Å²) < 4.78 is 0. The van der Waals surface area contributed by atoms with Crippen molar-refractivity contribution in [3.8, 4) is 0 Å². The van der Waals surface area contributed by atoms with Gasteiger partial charge in [-0.1, -0.05) is 25.7 Å². The maximum atomic E-state index is 10.9. The Bertz CT molecular complexity index is 173. The molecule has 1 heterocycles. The highest BCUT2D eigenvalue weighted by Crippen LogP contribution is 2.31. The van der Waals surface area contributed by atoms with Gasteiger partial charge in [-0.25, -0.2) is 0 Å². The average Bonchev–Trinajstić information content (AvgIpc) is 2.63. The zero-order valence-corrected chi connectivity index (χ0v) is 7.51. The van der Waals surface area contributed by atoms with Crippen molar-refractivity contribution in [3.63, 3.8) is 0 Å². The van der Waals surface area contributed by atoms with E-state index in [4.69, 9.17) is 0 Å². The van der Waals surface area contributed by atoms with Crippen molar-refractivity contribution in [2.75, 3.05) is 6.54 Å². The molecular weight excluding hydrogens is 150 g/mol. The minimum absolute atomic E-state index is 0.262. The third-order valence-corrected chi connectivity index (χ3v) is 3.20. The second kappa shape index (κ2) is 3.46. The van der Waals surface area contributed by atoms with Crippen molar-refractivity contribution in [1.29, 1.82) is 0 Å². The first-order chi connectivity index (χ1) is 5.84. The minimum atomic E-state index is 0.262. The van der Waals surface area contributed by atoms with Gasteiger partial charge >= 0.3 is 0 Å². The summed E-state index contributed by atoms with van der Waals surface area (Å²) in [4.78, 5) is 10.9. The van der Waals surface area contributed by atoms with Crippen molar-refractivity contribution in [2.45, 2.75) is 38.5 Å². The second-order valence-corrected chi connectivity index (χ2v) is 4.26. The van der Waals surface area contributed by atoms with Crippen LogP contribution in [0.5, 0.6) is 0 Å². The van der Waals surface area contributed by atoms with Crippen LogP contribution >= 0.6 is 0 Å². The summed E-state index contributed by atoms with van der Waals surface area (Å²) >= 11 is 0. The lowest BCUT2D eigenvalue weighted by molar-refractivity contribution is -0.119. The van der Waals surface area contributed by atoms with E-state index in [2.05, 4.69) is 5.32 Å². The first-order valence-electron chi connectivity index (χ1n) is 5.11. The molecule has 2 heteroatoms. The lowest BCUT2D eigenvalue weighted by atomic mass is 9.93. The molecule has 1 saturated heterocycles. The van der Waals surface area contributed by atoms with Crippen LogP contribution in [0.4, 0.5) is 0 Å². The van der Waals surface area contributed by atoms with Gasteiger partial charge < -0.3 is 5.32 Å². The van der Waals surface area contributed by atoms with Crippen LogP contribution in [-0.4, -0.2) is 12.5 Å². The molecule has 0 spiro atoms. The standard InChI is InChI=1S/C10H17NO/c12-10-6-9(7-11-10)5-8-3-1-2-4-8/h8-9H,1-7H2,(H,11,12). The Balaban J connectivity index is 1.75. The average molecular weight is 167 g/mol. The molecule has 0 aromatic heterocycles. The van der Waals surface area contributed by atoms with Crippen LogP contribution in [0.15, 0.2) is 0 Å². The molecule has 1 saturated carbocycles. The molecule has 1 atom stereocenters. The largest absolute Gasteiger partial charge is 0.356 e. The highest BCUT2D eigenvalue weighted by atomic mass is 16.1. The first-order valence-corrected chi connectivity index (χ1v) is 5.11. The maximum absolute atomic E-state index is 10.9. The fraction of sp³-hybridized carbons (Fsp3) is 0.900. The second-order valence-electron chi connectivity index (χ2n) is 4.26. The molecule has 0 aromatic rings. The maximum Gasteiger partial charge on any atom is 0.220 e. The number of nitrogens with one attached hydrogen (secondary N) is 1. The normalized spacial score (nSPS) is 31.0. The third-order valence-electron chi connectivity index (χ3n) is 3.20. The van der Waals surface area contributed by atoms with Crippen molar-refractivity contribution in [1.82, 2.24) is 5.32 Å². The predicted octanol–water partition coefficient (Wildman–Crippen LogP) is 1.70. The summed E-state index contributed by atoms with van der Waals surface area (Å²) in [6.07, 6.45) is 7.72. The topological polar surface area (TPSA) is 29.1 Å². The number of hydrogen-bond donors (Lipinski definition) is 1. The molecule has 68 valence electrons. The monoisotopic (exact) mass is 167 g/mol. The molecule has 2 fully saturated rings. The Hall–Kier alpha value is -0.530. The van der Waals surface area contributed by atoms with E-state index in [-0.39, 0.29) is 5.91 Å². The highest BCUT2D eigenvalue weighted by molar-refractivity contribution is 5.78. The summed E-state index contributed by atoms with van der Waals surface area (Å²) in [6, 6.07) is 0. The van der Waals surface area contributed by atoms with E-state index in [0.717, 1.165) is 18.9 Å². The van der Waals surface area contributed by atoms with Crippen molar-refractivity contribution < 1.29 is 4.79 Å². The molecule has 1 N–H and O–H groups in total. The molecule has 12 heavy (non-hydrogen) atoms. The van der Waals surface area contributed by atoms with Crippen LogP contribution < -0.4 is 5.32 Å². The Labute approximate surface area is 73.7 Å². The van der Waals surface area contributed by atoms with E-state index < -0.39 is 0 Å². The summed E-state index contributed by atoms with van der Waals surface area (Å²) in [5.74, 6) is 1.85. The van der Waals surface area contributed by atoms with Crippen molar-refractivity contribution in [2.24, 2.45) is 11.8 Å². The van der Waals surface area contributed by atoms with E-state index >= 15 is 0 Å². The Morgan fingerprint density at radius 3 is 2.58 bits per heavy atom. The quantitative estimate of drug-likeness (QED) is 0.666. The molecule has 2 rings (SSSR count). The van der Waals surface area contributed by atoms with E-state index in [1.165, 1.54) is 32.1 Å². The Kier molecular flexibility index (Phi) is 2.33. The zero-order chi connectivity index (χ0) is 8.39. The van der Waals surface area contributed by atoms with Crippen LogP contribution in [0.3, 0.4) is 0 Å². The fourth-order valence-corrected chi connectivity index (χ4v) is 2.55. The van der Waals surface area contributed by atoms with E-state index in [1.54, 1.807) is 0 Å². The number of hydrogen-bond acceptors (Lipinski definition) is 1. The Morgan fingerprint density at radius 1 is 1.25 bits per heavy atom. The molecule has 0 bridgehead atoms. The SMILES string of the molecule is O=C1CC(CC2CCCC2)CN1. The molecule has 1 amide bonds. The van der Waals surface area contributed by atoms with Gasteiger partial charge in [0.15, 0.2) is 0 Å². The van der Waals surface area contributed by atoms with E-state index in [0.29, 0.717) is 5.92 Å². The highest BCUT2D eigenvalue weighted by Gasteiger charge is 2.25. The van der Waals surface area contributed by atoms with Crippen LogP contribution in [0, 0.1) is 11.8 Å². The molecule has 1 unspecified atom stereocenters. The van der Waals surface area contributed by atoms with Gasteiger partial charge in [0, 0.05) is 13.0 Å². The van der Waals surface area contributed by atoms with Gasteiger partial charge in [0.2, 0.25) is 5.91 Å². The predicted molar refractivity (Wildman–Crippen MR) is 47.7 cm³/mol. The third kappa shape index (κ3) is 1.79. The van der Waals surface area contributed by atoms with Crippen LogP contribution in [0.25, 0.3) is 0 Å². The lowest BCUT2D eigenvalue weighted by Gasteiger charge is -2.12. The number of rotatable bonds is 2. The zero-order valence-electron chi connectivity index (χ0n) is 7.51. The first kappa shape index (κ1) is 8.09. The van der Waals surface area contributed by atoms with Crippen molar-refractivity contribution >= 4 is 5.91 Å². The van der Waals surface area contributed by atoms with E-state index in [9.17, 15) is 4.79 Å². The van der Waals surface area contributed by atoms with Gasteiger partial charge in [0.25, 0.3) is 0 Å². The van der Waals surface area contributed by atoms with Gasteiger partial charge in [-0.05, 0) is 18.3 Å². The number of carbonyl (C=O) groups is 1. The molecular formula is C10H17NO. The van der Waals surface area contributed by atoms with Gasteiger partial charge in [-0.2, -0.15) is 0 Å². The van der Waals surface area contributed by atoms with Crippen LogP contribution in [-0.2, 0) is 4.79 Å². The van der Waals surface area contributed by atoms with Crippen LogP contribution in [0.1, 0.15) is 38.5 Å². The Morgan fingerprint density at radius 2 is 2.00 bits per heavy atom. The summed E-state index contributed by atoms with van der Waals surface area (Å²) in [5.41, 5.74) is 0. The molecule has 2 nitrogen and oxygen atoms in total. The van der Waals surface area contributed by atoms with Gasteiger partial charge in [0.1, 0.15) is 0 Å². The lowest BCUT2D eigenvalue weighted by Crippen LogP contribution is -2.14. The summed E-state index contributed by atoms with van der Waals surface area (Å²) in [6.45, 7) is 0.940. The smallest absolute Gasteiger partial charge is 0.220 e. The minimum Gasteiger partial charge on any atom is -0.356 e. The van der Waals surface area contributed by atoms with Gasteiger partial charge in [-0.3, -0.25) is 4.79 Å². The van der Waals surface area contributed by atoms with Crippen molar-refractivity contribution in [3.05, 3.63) is 0 Å². The molecule has 0 aromatic carbocycles. The fourth-order valence-electron chi connectivity index (χ4n) is 2.55. The van der Waals surface area contributed by atoms with Crippen LogP contribution in [0.2, 0.25) is 0 Å². The summed E-state index contributed by atoms with van der Waals surface area (Å²) in [5, 5.41) is 2.90. The number of carbonyl (C=O) groups excluding carboxylic acids is 1.